The van der Waals surface area contributed by atoms with Crippen molar-refractivity contribution >= 4 is 15.7 Å². The van der Waals surface area contributed by atoms with E-state index in [1.807, 2.05) is 29.2 Å². The van der Waals surface area contributed by atoms with Crippen molar-refractivity contribution in [1.29, 1.82) is 0 Å². The van der Waals surface area contributed by atoms with Crippen LogP contribution in [0.1, 0.15) is 18.4 Å². The highest BCUT2D eigenvalue weighted by Crippen LogP contribution is 2.36. The summed E-state index contributed by atoms with van der Waals surface area (Å²) >= 11 is 0. The second-order valence-electron chi connectivity index (χ2n) is 9.52. The third-order valence-electron chi connectivity index (χ3n) is 7.21. The number of amides is 1. The first-order chi connectivity index (χ1) is 18.8. The highest BCUT2D eigenvalue weighted by atomic mass is 32.2. The molecule has 1 aliphatic rings. The predicted molar refractivity (Wildman–Crippen MR) is 145 cm³/mol. The van der Waals surface area contributed by atoms with E-state index in [2.05, 4.69) is 0 Å². The van der Waals surface area contributed by atoms with Crippen molar-refractivity contribution in [3.63, 3.8) is 0 Å². The molecule has 0 unspecified atom stereocenters. The number of carbonyl (C=O) groups excluding carboxylic acids is 1. The molecule has 10 heteroatoms. The first-order valence-corrected chi connectivity index (χ1v) is 14.3. The van der Waals surface area contributed by atoms with Gasteiger partial charge in [0.15, 0.2) is 14.6 Å². The number of nitrogens with one attached hydrogen (secondary N) is 1. The van der Waals surface area contributed by atoms with Crippen LogP contribution in [0.4, 0.5) is 4.39 Å². The van der Waals surface area contributed by atoms with E-state index in [0.29, 0.717) is 50.6 Å². The van der Waals surface area contributed by atoms with Gasteiger partial charge in [-0.25, -0.2) is 18.3 Å². The fraction of sp³-hybridized carbons (Fsp3) is 0.345. The Hall–Kier alpha value is -3.31. The van der Waals surface area contributed by atoms with Gasteiger partial charge >= 0.3 is 0 Å². The fourth-order valence-corrected chi connectivity index (χ4v) is 6.85. The minimum absolute atomic E-state index is 0.0126. The lowest BCUT2D eigenvalue weighted by Crippen LogP contribution is -2.57. The molecule has 0 saturated carbocycles. The average Bonchev–Trinajstić information content (AvgIpc) is 2.96. The van der Waals surface area contributed by atoms with Crippen LogP contribution < -0.4 is 10.2 Å². The Kier molecular flexibility index (Phi) is 9.34. The van der Waals surface area contributed by atoms with Crippen molar-refractivity contribution in [2.45, 2.75) is 28.9 Å². The summed E-state index contributed by atoms with van der Waals surface area (Å²) < 4.78 is 50.6. The maximum Gasteiger partial charge on any atom is 0.265 e. The number of hydroxylamine groups is 1. The molecule has 0 bridgehead atoms. The van der Waals surface area contributed by atoms with Crippen molar-refractivity contribution < 1.29 is 32.3 Å². The molecule has 39 heavy (non-hydrogen) atoms. The van der Waals surface area contributed by atoms with Crippen LogP contribution in [-0.4, -0.2) is 69.1 Å². The van der Waals surface area contributed by atoms with E-state index >= 15 is 0 Å². The number of benzene rings is 3. The van der Waals surface area contributed by atoms with Gasteiger partial charge in [0, 0.05) is 38.7 Å². The standard InChI is InChI=1S/C29H33FN2O6S/c1-37-20-18-32-16-14-29(15-17-32,28(33)31-34)39(35,36)25-11-9-24(10-12-25)38-19-13-22-5-4-6-23(21-22)26-7-2-3-8-27(26)30/h2-12,21,34H,13-20H2,1H3,(H,31,33). The third-order valence-corrected chi connectivity index (χ3v) is 9.73. The number of piperidine rings is 1. The summed E-state index contributed by atoms with van der Waals surface area (Å²) in [5.74, 6) is -0.725. The molecule has 0 aliphatic carbocycles. The molecule has 8 nitrogen and oxygen atoms in total. The number of sulfone groups is 1. The maximum absolute atomic E-state index is 14.2. The van der Waals surface area contributed by atoms with Crippen LogP contribution in [0, 0.1) is 5.82 Å². The quantitative estimate of drug-likeness (QED) is 0.273. The Balaban J connectivity index is 1.41. The minimum Gasteiger partial charge on any atom is -0.493 e. The SMILES string of the molecule is COCCN1CCC(C(=O)NO)(S(=O)(=O)c2ccc(OCCc3cccc(-c4ccccc4F)c3)cc2)CC1. The number of likely N-dealkylation sites (tertiary alicyclic amines) is 1. The van der Waals surface area contributed by atoms with Gasteiger partial charge in [0.2, 0.25) is 0 Å². The van der Waals surface area contributed by atoms with Gasteiger partial charge in [-0.15, -0.1) is 0 Å². The van der Waals surface area contributed by atoms with Crippen LogP contribution in [0.2, 0.25) is 0 Å². The molecule has 1 amide bonds. The van der Waals surface area contributed by atoms with E-state index < -0.39 is 20.5 Å². The number of halogens is 1. The number of ether oxygens (including phenoxy) is 2. The van der Waals surface area contributed by atoms with E-state index in [1.54, 1.807) is 42.9 Å². The Morgan fingerprint density at radius 3 is 2.41 bits per heavy atom. The third kappa shape index (κ3) is 6.30. The van der Waals surface area contributed by atoms with E-state index in [9.17, 15) is 22.8 Å². The molecule has 3 aromatic carbocycles. The summed E-state index contributed by atoms with van der Waals surface area (Å²) in [4.78, 5) is 14.7. The smallest absolute Gasteiger partial charge is 0.265 e. The molecule has 3 aromatic rings. The van der Waals surface area contributed by atoms with Crippen LogP contribution in [0.3, 0.4) is 0 Å². The molecule has 1 heterocycles. The zero-order valence-corrected chi connectivity index (χ0v) is 22.6. The fourth-order valence-electron chi connectivity index (χ4n) is 4.89. The van der Waals surface area contributed by atoms with Crippen LogP contribution in [0.15, 0.2) is 77.7 Å². The lowest BCUT2D eigenvalue weighted by atomic mass is 9.95. The lowest BCUT2D eigenvalue weighted by Gasteiger charge is -2.39. The lowest BCUT2D eigenvalue weighted by molar-refractivity contribution is -0.133. The molecule has 208 valence electrons. The molecular weight excluding hydrogens is 523 g/mol. The van der Waals surface area contributed by atoms with Gasteiger partial charge < -0.3 is 14.4 Å². The summed E-state index contributed by atoms with van der Waals surface area (Å²) in [6.45, 7) is 2.24. The summed E-state index contributed by atoms with van der Waals surface area (Å²) in [6, 6.07) is 20.2. The summed E-state index contributed by atoms with van der Waals surface area (Å²) in [7, 11) is -2.52. The first kappa shape index (κ1) is 28.7. The molecule has 0 atom stereocenters. The Morgan fingerprint density at radius 2 is 1.74 bits per heavy atom. The zero-order valence-electron chi connectivity index (χ0n) is 21.8. The molecule has 1 fully saturated rings. The number of nitrogens with zero attached hydrogens (tertiary/aromatic N) is 1. The van der Waals surface area contributed by atoms with Crippen LogP contribution in [-0.2, 0) is 25.8 Å². The topological polar surface area (TPSA) is 105 Å². The summed E-state index contributed by atoms with van der Waals surface area (Å²) in [5, 5.41) is 9.36. The van der Waals surface area contributed by atoms with Gasteiger partial charge in [0.25, 0.3) is 5.91 Å². The molecular formula is C29H33FN2O6S. The van der Waals surface area contributed by atoms with Gasteiger partial charge in [-0.1, -0.05) is 42.5 Å². The second-order valence-corrected chi connectivity index (χ2v) is 11.8. The summed E-state index contributed by atoms with van der Waals surface area (Å²) in [6.07, 6.45) is 0.674. The number of rotatable bonds is 11. The van der Waals surface area contributed by atoms with Crippen molar-refractivity contribution in [3.8, 4) is 16.9 Å². The van der Waals surface area contributed by atoms with Gasteiger partial charge in [-0.05, 0) is 54.3 Å². The second kappa shape index (κ2) is 12.7. The average molecular weight is 557 g/mol. The largest absolute Gasteiger partial charge is 0.493 e. The van der Waals surface area contributed by atoms with E-state index in [1.165, 1.54) is 18.2 Å². The van der Waals surface area contributed by atoms with Crippen LogP contribution in [0.25, 0.3) is 11.1 Å². The monoisotopic (exact) mass is 556 g/mol. The number of methoxy groups -OCH3 is 1. The van der Waals surface area contributed by atoms with Gasteiger partial charge in [-0.3, -0.25) is 10.0 Å². The maximum atomic E-state index is 14.2. The molecule has 2 N–H and O–H groups in total. The van der Waals surface area contributed by atoms with Gasteiger partial charge in [0.05, 0.1) is 18.1 Å². The highest BCUT2D eigenvalue weighted by Gasteiger charge is 2.52. The van der Waals surface area contributed by atoms with Gasteiger partial charge in [-0.2, -0.15) is 0 Å². The molecule has 1 aliphatic heterocycles. The Labute approximate surface area is 228 Å². The Morgan fingerprint density at radius 1 is 1.03 bits per heavy atom. The summed E-state index contributed by atoms with van der Waals surface area (Å²) in [5.41, 5.74) is 3.87. The zero-order chi connectivity index (χ0) is 27.9. The first-order valence-electron chi connectivity index (χ1n) is 12.8. The molecule has 0 radical (unpaired) electrons. The number of hydrogen-bond acceptors (Lipinski definition) is 7. The highest BCUT2D eigenvalue weighted by molar-refractivity contribution is 7.93. The molecule has 1 saturated heterocycles. The normalized spacial score (nSPS) is 15.6. The van der Waals surface area contributed by atoms with Crippen LogP contribution in [0.5, 0.6) is 5.75 Å². The van der Waals surface area contributed by atoms with E-state index in [0.717, 1.165) is 11.1 Å². The van der Waals surface area contributed by atoms with Crippen molar-refractivity contribution in [2.24, 2.45) is 0 Å². The van der Waals surface area contributed by atoms with E-state index in [-0.39, 0.29) is 23.6 Å². The van der Waals surface area contributed by atoms with Crippen molar-refractivity contribution in [1.82, 2.24) is 10.4 Å². The van der Waals surface area contributed by atoms with Crippen LogP contribution >= 0.6 is 0 Å². The molecule has 4 rings (SSSR count). The number of hydrogen-bond donors (Lipinski definition) is 2. The predicted octanol–water partition coefficient (Wildman–Crippen LogP) is 3.87. The molecule has 0 aromatic heterocycles. The van der Waals surface area contributed by atoms with Crippen molar-refractivity contribution in [2.75, 3.05) is 40.0 Å². The van der Waals surface area contributed by atoms with Gasteiger partial charge in [0.1, 0.15) is 11.6 Å². The molecule has 0 spiro atoms. The Bertz CT molecular complexity index is 1370. The van der Waals surface area contributed by atoms with E-state index in [4.69, 9.17) is 9.47 Å². The minimum atomic E-state index is -4.11. The number of carbonyl (C=O) groups is 1. The van der Waals surface area contributed by atoms with Crippen molar-refractivity contribution in [3.05, 3.63) is 84.2 Å².